The van der Waals surface area contributed by atoms with Crippen molar-refractivity contribution in [3.8, 4) is 0 Å². The Balaban J connectivity index is 1.97. The van der Waals surface area contributed by atoms with Gasteiger partial charge in [-0.3, -0.25) is 0 Å². The molecule has 1 heterocycles. The summed E-state index contributed by atoms with van der Waals surface area (Å²) < 4.78 is 0. The third-order valence-electron chi connectivity index (χ3n) is 3.34. The van der Waals surface area contributed by atoms with Crippen molar-refractivity contribution >= 4 is 5.97 Å². The van der Waals surface area contributed by atoms with E-state index in [2.05, 4.69) is 15.4 Å². The number of H-pyrrole nitrogens is 1. The molecule has 0 unspecified atom stereocenters. The lowest BCUT2D eigenvalue weighted by Gasteiger charge is -2.12. The lowest BCUT2D eigenvalue weighted by atomic mass is 9.92. The molecule has 0 bridgehead atoms. The Hall–Kier alpha value is -2.17. The highest BCUT2D eigenvalue weighted by molar-refractivity contribution is 5.87. The fourth-order valence-electron chi connectivity index (χ4n) is 2.18. The Bertz CT molecular complexity index is 542. The SMILES string of the molecule is O=C(O)c1ccc(C2(c3cn[nH]n3)CC2)cc1. The number of benzene rings is 1. The average Bonchev–Trinajstić information content (AvgIpc) is 2.97. The molecule has 1 aliphatic carbocycles. The van der Waals surface area contributed by atoms with Crippen molar-refractivity contribution in [1.29, 1.82) is 0 Å². The molecule has 1 aliphatic rings. The minimum Gasteiger partial charge on any atom is -0.478 e. The normalized spacial score (nSPS) is 16.7. The third-order valence-corrected chi connectivity index (χ3v) is 3.34. The summed E-state index contributed by atoms with van der Waals surface area (Å²) >= 11 is 0. The van der Waals surface area contributed by atoms with Crippen LogP contribution < -0.4 is 0 Å². The molecule has 86 valence electrons. The van der Waals surface area contributed by atoms with Gasteiger partial charge in [-0.2, -0.15) is 15.4 Å². The van der Waals surface area contributed by atoms with Crippen LogP contribution in [-0.2, 0) is 5.41 Å². The maximum Gasteiger partial charge on any atom is 0.335 e. The molecule has 1 fully saturated rings. The molecular formula is C12H11N3O2. The predicted octanol–water partition coefficient (Wildman–Crippen LogP) is 1.58. The van der Waals surface area contributed by atoms with Crippen LogP contribution in [0.1, 0.15) is 34.5 Å². The highest BCUT2D eigenvalue weighted by Crippen LogP contribution is 2.52. The molecule has 0 atom stereocenters. The molecular weight excluding hydrogens is 218 g/mol. The summed E-state index contributed by atoms with van der Waals surface area (Å²) in [5, 5.41) is 19.4. The summed E-state index contributed by atoms with van der Waals surface area (Å²) in [5.41, 5.74) is 2.30. The molecule has 0 aliphatic heterocycles. The van der Waals surface area contributed by atoms with Gasteiger partial charge in [-0.05, 0) is 30.5 Å². The molecule has 17 heavy (non-hydrogen) atoms. The van der Waals surface area contributed by atoms with Gasteiger partial charge in [0, 0.05) is 5.41 Å². The number of aromatic carboxylic acids is 1. The van der Waals surface area contributed by atoms with Gasteiger partial charge in [0.1, 0.15) is 0 Å². The van der Waals surface area contributed by atoms with E-state index in [1.54, 1.807) is 18.3 Å². The summed E-state index contributed by atoms with van der Waals surface area (Å²) in [4.78, 5) is 10.8. The summed E-state index contributed by atoms with van der Waals surface area (Å²) in [6.07, 6.45) is 3.80. The quantitative estimate of drug-likeness (QED) is 0.837. The van der Waals surface area contributed by atoms with Crippen LogP contribution in [0.25, 0.3) is 0 Å². The van der Waals surface area contributed by atoms with Crippen molar-refractivity contribution in [3.63, 3.8) is 0 Å². The Morgan fingerprint density at radius 2 is 2.00 bits per heavy atom. The van der Waals surface area contributed by atoms with E-state index in [0.717, 1.165) is 24.1 Å². The van der Waals surface area contributed by atoms with E-state index in [1.165, 1.54) is 0 Å². The number of rotatable bonds is 3. The highest BCUT2D eigenvalue weighted by atomic mass is 16.4. The van der Waals surface area contributed by atoms with E-state index in [9.17, 15) is 4.79 Å². The first-order valence-corrected chi connectivity index (χ1v) is 5.42. The topological polar surface area (TPSA) is 78.9 Å². The van der Waals surface area contributed by atoms with Gasteiger partial charge >= 0.3 is 5.97 Å². The van der Waals surface area contributed by atoms with Crippen molar-refractivity contribution in [2.75, 3.05) is 0 Å². The van der Waals surface area contributed by atoms with Crippen LogP contribution in [-0.4, -0.2) is 26.5 Å². The van der Waals surface area contributed by atoms with Crippen LogP contribution in [0.4, 0.5) is 0 Å². The monoisotopic (exact) mass is 229 g/mol. The molecule has 5 heteroatoms. The van der Waals surface area contributed by atoms with Crippen molar-refractivity contribution in [3.05, 3.63) is 47.3 Å². The predicted molar refractivity (Wildman–Crippen MR) is 59.8 cm³/mol. The number of carboxylic acid groups (broad SMARTS) is 1. The van der Waals surface area contributed by atoms with Gasteiger partial charge in [0.05, 0.1) is 17.5 Å². The number of carboxylic acids is 1. The number of aromatic nitrogens is 3. The first-order chi connectivity index (χ1) is 8.22. The lowest BCUT2D eigenvalue weighted by molar-refractivity contribution is 0.0697. The number of nitrogens with zero attached hydrogens (tertiary/aromatic N) is 2. The fourth-order valence-corrected chi connectivity index (χ4v) is 2.18. The fraction of sp³-hybridized carbons (Fsp3) is 0.250. The van der Waals surface area contributed by atoms with Gasteiger partial charge in [-0.25, -0.2) is 4.79 Å². The van der Waals surface area contributed by atoms with Crippen LogP contribution in [0.15, 0.2) is 30.5 Å². The van der Waals surface area contributed by atoms with E-state index in [1.807, 2.05) is 12.1 Å². The molecule has 1 aromatic heterocycles. The van der Waals surface area contributed by atoms with Crippen molar-refractivity contribution < 1.29 is 9.90 Å². The molecule has 2 N–H and O–H groups in total. The second-order valence-electron chi connectivity index (χ2n) is 4.32. The number of aromatic amines is 1. The van der Waals surface area contributed by atoms with E-state index >= 15 is 0 Å². The molecule has 2 aromatic rings. The number of carbonyl (C=O) groups is 1. The second-order valence-corrected chi connectivity index (χ2v) is 4.32. The first kappa shape index (κ1) is 10.0. The highest BCUT2D eigenvalue weighted by Gasteiger charge is 2.47. The smallest absolute Gasteiger partial charge is 0.335 e. The summed E-state index contributed by atoms with van der Waals surface area (Å²) in [5.74, 6) is -0.900. The Morgan fingerprint density at radius 1 is 1.29 bits per heavy atom. The minimum absolute atomic E-state index is 0.0516. The lowest BCUT2D eigenvalue weighted by Crippen LogP contribution is -2.09. The number of hydrogen-bond donors (Lipinski definition) is 2. The maximum absolute atomic E-state index is 10.8. The molecule has 3 rings (SSSR count). The van der Waals surface area contributed by atoms with Gasteiger partial charge in [0.25, 0.3) is 0 Å². The average molecular weight is 229 g/mol. The van der Waals surface area contributed by atoms with E-state index in [4.69, 9.17) is 5.11 Å². The van der Waals surface area contributed by atoms with Crippen LogP contribution in [0, 0.1) is 0 Å². The third kappa shape index (κ3) is 1.51. The minimum atomic E-state index is -0.900. The van der Waals surface area contributed by atoms with Crippen LogP contribution in [0.5, 0.6) is 0 Å². The van der Waals surface area contributed by atoms with E-state index in [0.29, 0.717) is 5.56 Å². The van der Waals surface area contributed by atoms with E-state index in [-0.39, 0.29) is 5.41 Å². The molecule has 1 aromatic carbocycles. The summed E-state index contributed by atoms with van der Waals surface area (Å²) in [6.45, 7) is 0. The Morgan fingerprint density at radius 3 is 2.47 bits per heavy atom. The zero-order chi connectivity index (χ0) is 11.9. The summed E-state index contributed by atoms with van der Waals surface area (Å²) in [7, 11) is 0. The molecule has 0 amide bonds. The van der Waals surface area contributed by atoms with E-state index < -0.39 is 5.97 Å². The molecule has 0 spiro atoms. The standard InChI is InChI=1S/C12H11N3O2/c16-11(17)8-1-3-9(4-2-8)12(5-6-12)10-7-13-15-14-10/h1-4,7H,5-6H2,(H,16,17)(H,13,14,15). The largest absolute Gasteiger partial charge is 0.478 e. The van der Waals surface area contributed by atoms with Gasteiger partial charge in [-0.15, -0.1) is 0 Å². The molecule has 0 saturated heterocycles. The van der Waals surface area contributed by atoms with Crippen molar-refractivity contribution in [1.82, 2.24) is 15.4 Å². The zero-order valence-electron chi connectivity index (χ0n) is 9.05. The van der Waals surface area contributed by atoms with Crippen LogP contribution in [0.3, 0.4) is 0 Å². The Kier molecular flexibility index (Phi) is 2.01. The number of nitrogens with one attached hydrogen (secondary N) is 1. The van der Waals surface area contributed by atoms with Gasteiger partial charge in [0.2, 0.25) is 0 Å². The van der Waals surface area contributed by atoms with Crippen molar-refractivity contribution in [2.45, 2.75) is 18.3 Å². The van der Waals surface area contributed by atoms with Crippen LogP contribution in [0.2, 0.25) is 0 Å². The maximum atomic E-state index is 10.8. The van der Waals surface area contributed by atoms with Gasteiger partial charge < -0.3 is 5.11 Å². The van der Waals surface area contributed by atoms with Crippen molar-refractivity contribution in [2.24, 2.45) is 0 Å². The van der Waals surface area contributed by atoms with Gasteiger partial charge in [-0.1, -0.05) is 12.1 Å². The second kappa shape index (κ2) is 3.41. The summed E-state index contributed by atoms with van der Waals surface area (Å²) in [6, 6.07) is 7.01. The Labute approximate surface area is 97.5 Å². The molecule has 1 saturated carbocycles. The molecule has 5 nitrogen and oxygen atoms in total. The van der Waals surface area contributed by atoms with Crippen LogP contribution >= 0.6 is 0 Å². The zero-order valence-corrected chi connectivity index (χ0v) is 9.05. The first-order valence-electron chi connectivity index (χ1n) is 5.42. The number of hydrogen-bond acceptors (Lipinski definition) is 3. The van der Waals surface area contributed by atoms with Gasteiger partial charge in [0.15, 0.2) is 0 Å². The molecule has 0 radical (unpaired) electrons.